The van der Waals surface area contributed by atoms with Crippen molar-refractivity contribution in [2.24, 2.45) is 5.92 Å². The number of hydrogen-bond acceptors (Lipinski definition) is 2. The summed E-state index contributed by atoms with van der Waals surface area (Å²) >= 11 is 0. The molecule has 2 nitrogen and oxygen atoms in total. The van der Waals surface area contributed by atoms with Gasteiger partial charge in [0.2, 0.25) is 0 Å². The van der Waals surface area contributed by atoms with Gasteiger partial charge in [-0.25, -0.2) is 0 Å². The standard InChI is InChI=1S/C12H21NO/c14-12(6-1-2-7-12)11-8-9-4-3-5-10(9)13-11/h9-11,13-14H,1-8H2/t9-,10-,11+/m1/s1. The molecule has 2 N–H and O–H groups in total. The second-order valence-electron chi connectivity index (χ2n) is 5.56. The quantitative estimate of drug-likeness (QED) is 0.669. The molecule has 2 heteroatoms. The Kier molecular flexibility index (Phi) is 2.10. The lowest BCUT2D eigenvalue weighted by molar-refractivity contribution is 0.0115. The van der Waals surface area contributed by atoms with E-state index in [1.165, 1.54) is 38.5 Å². The van der Waals surface area contributed by atoms with E-state index in [2.05, 4.69) is 5.32 Å². The maximum absolute atomic E-state index is 10.5. The van der Waals surface area contributed by atoms with Crippen molar-refractivity contribution in [2.45, 2.75) is 69.1 Å². The van der Waals surface area contributed by atoms with E-state index >= 15 is 0 Å². The average Bonchev–Trinajstić information content (AvgIpc) is 2.75. The van der Waals surface area contributed by atoms with Gasteiger partial charge in [-0.1, -0.05) is 19.3 Å². The maximum atomic E-state index is 10.5. The van der Waals surface area contributed by atoms with E-state index in [0.717, 1.165) is 24.8 Å². The lowest BCUT2D eigenvalue weighted by Crippen LogP contribution is -2.47. The van der Waals surface area contributed by atoms with Crippen LogP contribution in [0.15, 0.2) is 0 Å². The van der Waals surface area contributed by atoms with Crippen molar-refractivity contribution in [1.29, 1.82) is 0 Å². The fourth-order valence-electron chi connectivity index (χ4n) is 3.88. The molecule has 3 fully saturated rings. The first-order valence-electron chi connectivity index (χ1n) is 6.26. The van der Waals surface area contributed by atoms with Gasteiger partial charge in [0.15, 0.2) is 0 Å². The monoisotopic (exact) mass is 195 g/mol. The van der Waals surface area contributed by atoms with Crippen LogP contribution in [0, 0.1) is 5.92 Å². The van der Waals surface area contributed by atoms with Gasteiger partial charge in [0.25, 0.3) is 0 Å². The van der Waals surface area contributed by atoms with E-state index < -0.39 is 0 Å². The molecule has 1 aliphatic heterocycles. The lowest BCUT2D eigenvalue weighted by atomic mass is 9.88. The molecule has 0 radical (unpaired) electrons. The minimum absolute atomic E-state index is 0.343. The molecule has 80 valence electrons. The second kappa shape index (κ2) is 3.21. The fraction of sp³-hybridized carbons (Fsp3) is 1.00. The van der Waals surface area contributed by atoms with E-state index in [1.807, 2.05) is 0 Å². The van der Waals surface area contributed by atoms with Gasteiger partial charge in [0.1, 0.15) is 0 Å². The van der Waals surface area contributed by atoms with Crippen molar-refractivity contribution < 1.29 is 5.11 Å². The summed E-state index contributed by atoms with van der Waals surface area (Å²) in [5.41, 5.74) is -0.343. The summed E-state index contributed by atoms with van der Waals surface area (Å²) in [7, 11) is 0. The van der Waals surface area contributed by atoms with Crippen molar-refractivity contribution in [3.8, 4) is 0 Å². The molecule has 3 rings (SSSR count). The fourth-order valence-corrected chi connectivity index (χ4v) is 3.88. The highest BCUT2D eigenvalue weighted by atomic mass is 16.3. The van der Waals surface area contributed by atoms with E-state index in [4.69, 9.17) is 0 Å². The molecule has 0 amide bonds. The van der Waals surface area contributed by atoms with Crippen molar-refractivity contribution in [3.63, 3.8) is 0 Å². The Morgan fingerprint density at radius 3 is 2.57 bits per heavy atom. The Labute approximate surface area is 86.1 Å². The van der Waals surface area contributed by atoms with Crippen molar-refractivity contribution in [3.05, 3.63) is 0 Å². The van der Waals surface area contributed by atoms with Crippen LogP contribution >= 0.6 is 0 Å². The third-order valence-corrected chi connectivity index (χ3v) is 4.73. The Hall–Kier alpha value is -0.0800. The van der Waals surface area contributed by atoms with Gasteiger partial charge < -0.3 is 10.4 Å². The van der Waals surface area contributed by atoms with Crippen molar-refractivity contribution in [1.82, 2.24) is 5.32 Å². The summed E-state index contributed by atoms with van der Waals surface area (Å²) in [5, 5.41) is 14.2. The van der Waals surface area contributed by atoms with Crippen LogP contribution in [0.4, 0.5) is 0 Å². The summed E-state index contributed by atoms with van der Waals surface area (Å²) in [6.07, 6.45) is 9.89. The van der Waals surface area contributed by atoms with Crippen LogP contribution in [0.25, 0.3) is 0 Å². The molecule has 1 saturated heterocycles. The first-order chi connectivity index (χ1) is 6.78. The molecule has 14 heavy (non-hydrogen) atoms. The molecule has 3 atom stereocenters. The average molecular weight is 195 g/mol. The normalized spacial score (nSPS) is 45.6. The molecule has 0 aromatic carbocycles. The Morgan fingerprint density at radius 2 is 1.86 bits per heavy atom. The summed E-state index contributed by atoms with van der Waals surface area (Å²) in [5.74, 6) is 0.879. The Balaban J connectivity index is 1.70. The third-order valence-electron chi connectivity index (χ3n) is 4.73. The van der Waals surface area contributed by atoms with Crippen molar-refractivity contribution in [2.75, 3.05) is 0 Å². The molecule has 0 spiro atoms. The predicted molar refractivity (Wildman–Crippen MR) is 56.1 cm³/mol. The van der Waals surface area contributed by atoms with Gasteiger partial charge in [-0.3, -0.25) is 0 Å². The van der Waals surface area contributed by atoms with Crippen LogP contribution in [0.5, 0.6) is 0 Å². The molecule has 0 bridgehead atoms. The minimum atomic E-state index is -0.343. The van der Waals surface area contributed by atoms with Crippen LogP contribution in [0.1, 0.15) is 51.4 Å². The van der Waals surface area contributed by atoms with Crippen LogP contribution in [-0.2, 0) is 0 Å². The molecule has 0 aromatic rings. The number of nitrogens with one attached hydrogen (secondary N) is 1. The van der Waals surface area contributed by atoms with Gasteiger partial charge in [-0.15, -0.1) is 0 Å². The van der Waals surface area contributed by atoms with Crippen LogP contribution in [0.2, 0.25) is 0 Å². The molecule has 0 unspecified atom stereocenters. The zero-order valence-electron chi connectivity index (χ0n) is 8.84. The highest BCUT2D eigenvalue weighted by Crippen LogP contribution is 2.42. The van der Waals surface area contributed by atoms with Gasteiger partial charge in [-0.2, -0.15) is 0 Å². The zero-order valence-corrected chi connectivity index (χ0v) is 8.84. The van der Waals surface area contributed by atoms with E-state index in [-0.39, 0.29) is 5.60 Å². The Morgan fingerprint density at radius 1 is 1.07 bits per heavy atom. The van der Waals surface area contributed by atoms with E-state index in [0.29, 0.717) is 6.04 Å². The minimum Gasteiger partial charge on any atom is -0.388 e. The number of fused-ring (bicyclic) bond motifs is 1. The summed E-state index contributed by atoms with van der Waals surface area (Å²) in [6.45, 7) is 0. The summed E-state index contributed by atoms with van der Waals surface area (Å²) < 4.78 is 0. The lowest BCUT2D eigenvalue weighted by Gasteiger charge is -2.30. The largest absolute Gasteiger partial charge is 0.388 e. The summed E-state index contributed by atoms with van der Waals surface area (Å²) in [4.78, 5) is 0. The van der Waals surface area contributed by atoms with Gasteiger partial charge in [0, 0.05) is 12.1 Å². The first-order valence-corrected chi connectivity index (χ1v) is 6.26. The Bertz CT molecular complexity index is 210. The topological polar surface area (TPSA) is 32.3 Å². The molecule has 0 aromatic heterocycles. The van der Waals surface area contributed by atoms with E-state index in [9.17, 15) is 5.11 Å². The van der Waals surface area contributed by atoms with Crippen molar-refractivity contribution >= 4 is 0 Å². The SMILES string of the molecule is OC1([C@@H]2C[C@H]3CCC[C@H]3N2)CCCC1. The molecular weight excluding hydrogens is 174 g/mol. The smallest absolute Gasteiger partial charge is 0.0800 e. The molecule has 2 saturated carbocycles. The van der Waals surface area contributed by atoms with Crippen LogP contribution in [-0.4, -0.2) is 22.8 Å². The number of rotatable bonds is 1. The van der Waals surface area contributed by atoms with E-state index in [1.54, 1.807) is 0 Å². The predicted octanol–water partition coefficient (Wildman–Crippen LogP) is 1.82. The first kappa shape index (κ1) is 9.17. The van der Waals surface area contributed by atoms with Gasteiger partial charge in [-0.05, 0) is 38.0 Å². The third kappa shape index (κ3) is 1.31. The van der Waals surface area contributed by atoms with Crippen LogP contribution < -0.4 is 5.32 Å². The molecule has 2 aliphatic carbocycles. The highest BCUT2D eigenvalue weighted by Gasteiger charge is 2.47. The zero-order chi connectivity index (χ0) is 9.60. The maximum Gasteiger partial charge on any atom is 0.0800 e. The van der Waals surface area contributed by atoms with Gasteiger partial charge in [0.05, 0.1) is 5.60 Å². The highest BCUT2D eigenvalue weighted by molar-refractivity contribution is 5.04. The molecule has 1 heterocycles. The number of hydrogen-bond donors (Lipinski definition) is 2. The molecular formula is C12H21NO. The number of aliphatic hydroxyl groups is 1. The summed E-state index contributed by atoms with van der Waals surface area (Å²) in [6, 6.07) is 1.16. The second-order valence-corrected chi connectivity index (χ2v) is 5.56. The molecule has 3 aliphatic rings. The van der Waals surface area contributed by atoms with Crippen LogP contribution in [0.3, 0.4) is 0 Å². The van der Waals surface area contributed by atoms with Gasteiger partial charge >= 0.3 is 0 Å².